The summed E-state index contributed by atoms with van der Waals surface area (Å²) in [6.45, 7) is 2.04. The largest absolute Gasteiger partial charge is 0.422 e. The molecule has 3 nitrogen and oxygen atoms in total. The van der Waals surface area contributed by atoms with Crippen molar-refractivity contribution in [3.05, 3.63) is 70.6 Å². The van der Waals surface area contributed by atoms with Gasteiger partial charge in [0.15, 0.2) is 0 Å². The fraction of sp³-hybridized carbons (Fsp3) is 0.0500. The fourth-order valence-corrected chi connectivity index (χ4v) is 3.39. The first-order chi connectivity index (χ1) is 11.2. The highest BCUT2D eigenvalue weighted by Gasteiger charge is 2.11. The molecule has 0 saturated carbocycles. The molecule has 23 heavy (non-hydrogen) atoms. The molecule has 0 spiro atoms. The quantitative estimate of drug-likeness (QED) is 0.327. The van der Waals surface area contributed by atoms with Crippen molar-refractivity contribution >= 4 is 43.5 Å². The standard InChI is InChI=1S/C20H13NO2/c1-11-6-7-19-15(8-11)13-9-14-12-4-2-3-5-17(12)21-18(14)10-16(13)20(22)23-19/h2-10,21H,1H3. The van der Waals surface area contributed by atoms with Crippen LogP contribution < -0.4 is 5.63 Å². The molecule has 2 heterocycles. The Morgan fingerprint density at radius 2 is 1.65 bits per heavy atom. The van der Waals surface area contributed by atoms with Crippen LogP contribution in [-0.4, -0.2) is 4.98 Å². The first-order valence-corrected chi connectivity index (χ1v) is 7.58. The summed E-state index contributed by atoms with van der Waals surface area (Å²) >= 11 is 0. The number of hydrogen-bond donors (Lipinski definition) is 1. The first kappa shape index (κ1) is 12.5. The number of aryl methyl sites for hydroxylation is 1. The maximum Gasteiger partial charge on any atom is 0.344 e. The average Bonchev–Trinajstić information content (AvgIpc) is 2.92. The molecular weight excluding hydrogens is 286 g/mol. The van der Waals surface area contributed by atoms with E-state index in [9.17, 15) is 4.79 Å². The molecule has 110 valence electrons. The molecule has 3 aromatic carbocycles. The zero-order valence-corrected chi connectivity index (χ0v) is 12.5. The molecule has 5 rings (SSSR count). The van der Waals surface area contributed by atoms with E-state index in [2.05, 4.69) is 23.2 Å². The lowest BCUT2D eigenvalue weighted by Crippen LogP contribution is -1.99. The Labute approximate surface area is 131 Å². The maximum atomic E-state index is 12.4. The minimum atomic E-state index is -0.295. The Bertz CT molecular complexity index is 1290. The van der Waals surface area contributed by atoms with E-state index in [1.165, 1.54) is 5.39 Å². The van der Waals surface area contributed by atoms with Crippen LogP contribution in [-0.2, 0) is 0 Å². The predicted molar refractivity (Wildman–Crippen MR) is 94.1 cm³/mol. The second-order valence-electron chi connectivity index (χ2n) is 6.00. The van der Waals surface area contributed by atoms with Crippen molar-refractivity contribution in [2.24, 2.45) is 0 Å². The molecule has 0 aliphatic carbocycles. The van der Waals surface area contributed by atoms with E-state index in [4.69, 9.17) is 4.42 Å². The molecule has 1 N–H and O–H groups in total. The zero-order valence-electron chi connectivity index (χ0n) is 12.5. The molecule has 5 aromatic rings. The van der Waals surface area contributed by atoms with Crippen LogP contribution in [0.5, 0.6) is 0 Å². The minimum Gasteiger partial charge on any atom is -0.422 e. The molecule has 0 saturated heterocycles. The summed E-state index contributed by atoms with van der Waals surface area (Å²) in [7, 11) is 0. The number of fused-ring (bicyclic) bond motifs is 6. The number of aromatic nitrogens is 1. The van der Waals surface area contributed by atoms with E-state index < -0.39 is 0 Å². The third-order valence-electron chi connectivity index (χ3n) is 4.49. The Balaban J connectivity index is 2.09. The first-order valence-electron chi connectivity index (χ1n) is 7.58. The Hall–Kier alpha value is -3.07. The van der Waals surface area contributed by atoms with Gasteiger partial charge in [0.2, 0.25) is 0 Å². The number of hydrogen-bond acceptors (Lipinski definition) is 2. The van der Waals surface area contributed by atoms with Crippen LogP contribution in [0.3, 0.4) is 0 Å². The molecule has 0 radical (unpaired) electrons. The highest BCUT2D eigenvalue weighted by atomic mass is 16.4. The van der Waals surface area contributed by atoms with Gasteiger partial charge in [-0.25, -0.2) is 4.79 Å². The van der Waals surface area contributed by atoms with E-state index >= 15 is 0 Å². The van der Waals surface area contributed by atoms with Crippen molar-refractivity contribution in [1.82, 2.24) is 4.98 Å². The van der Waals surface area contributed by atoms with Gasteiger partial charge >= 0.3 is 5.63 Å². The SMILES string of the molecule is Cc1ccc2oc(=O)c3cc4[nH]c5ccccc5c4cc3c2c1. The normalized spacial score (nSPS) is 11.9. The summed E-state index contributed by atoms with van der Waals surface area (Å²) in [6.07, 6.45) is 0. The molecule has 0 fully saturated rings. The van der Waals surface area contributed by atoms with Crippen LogP contribution in [0.1, 0.15) is 5.56 Å². The van der Waals surface area contributed by atoms with Gasteiger partial charge in [0.05, 0.1) is 5.39 Å². The summed E-state index contributed by atoms with van der Waals surface area (Å²) < 4.78 is 5.48. The molecule has 0 atom stereocenters. The lowest BCUT2D eigenvalue weighted by atomic mass is 10.0. The van der Waals surface area contributed by atoms with Gasteiger partial charge in [-0.2, -0.15) is 0 Å². The summed E-state index contributed by atoms with van der Waals surface area (Å²) in [5.74, 6) is 0. The highest BCUT2D eigenvalue weighted by molar-refractivity contribution is 6.16. The predicted octanol–water partition coefficient (Wildman–Crippen LogP) is 4.89. The molecule has 3 heteroatoms. The summed E-state index contributed by atoms with van der Waals surface area (Å²) in [5, 5.41) is 4.83. The second kappa shape index (κ2) is 4.23. The van der Waals surface area contributed by atoms with Crippen LogP contribution >= 0.6 is 0 Å². The Kier molecular flexibility index (Phi) is 2.29. The van der Waals surface area contributed by atoms with E-state index in [0.29, 0.717) is 11.0 Å². The van der Waals surface area contributed by atoms with Gasteiger partial charge in [-0.1, -0.05) is 29.8 Å². The zero-order chi connectivity index (χ0) is 15.6. The Morgan fingerprint density at radius 1 is 0.783 bits per heavy atom. The molecule has 0 amide bonds. The third-order valence-corrected chi connectivity index (χ3v) is 4.49. The van der Waals surface area contributed by atoms with Gasteiger partial charge in [-0.15, -0.1) is 0 Å². The van der Waals surface area contributed by atoms with E-state index in [1.807, 2.05) is 43.3 Å². The minimum absolute atomic E-state index is 0.295. The molecule has 0 unspecified atom stereocenters. The van der Waals surface area contributed by atoms with E-state index in [1.54, 1.807) is 0 Å². The number of rotatable bonds is 0. The lowest BCUT2D eigenvalue weighted by Gasteiger charge is -2.04. The molecule has 0 bridgehead atoms. The maximum absolute atomic E-state index is 12.4. The van der Waals surface area contributed by atoms with Crippen molar-refractivity contribution in [3.8, 4) is 0 Å². The number of nitrogens with one attached hydrogen (secondary N) is 1. The monoisotopic (exact) mass is 299 g/mol. The Morgan fingerprint density at radius 3 is 2.57 bits per heavy atom. The number of para-hydroxylation sites is 1. The van der Waals surface area contributed by atoms with Crippen LogP contribution in [0.25, 0.3) is 43.5 Å². The number of H-pyrrole nitrogens is 1. The van der Waals surface area contributed by atoms with Crippen LogP contribution in [0.15, 0.2) is 63.8 Å². The van der Waals surface area contributed by atoms with Crippen molar-refractivity contribution in [2.75, 3.05) is 0 Å². The van der Waals surface area contributed by atoms with Gasteiger partial charge in [0.1, 0.15) is 5.58 Å². The van der Waals surface area contributed by atoms with Gasteiger partial charge in [0, 0.05) is 32.6 Å². The van der Waals surface area contributed by atoms with Gasteiger partial charge in [-0.3, -0.25) is 0 Å². The van der Waals surface area contributed by atoms with Crippen molar-refractivity contribution < 1.29 is 4.42 Å². The fourth-order valence-electron chi connectivity index (χ4n) is 3.39. The molecule has 2 aromatic heterocycles. The highest BCUT2D eigenvalue weighted by Crippen LogP contribution is 2.31. The summed E-state index contributed by atoms with van der Waals surface area (Å²) in [4.78, 5) is 15.7. The van der Waals surface area contributed by atoms with Crippen molar-refractivity contribution in [1.29, 1.82) is 0 Å². The third kappa shape index (κ3) is 1.67. The van der Waals surface area contributed by atoms with Crippen molar-refractivity contribution in [3.63, 3.8) is 0 Å². The molecule has 0 aliphatic heterocycles. The summed E-state index contributed by atoms with van der Waals surface area (Å²) in [5.41, 5.74) is 3.51. The van der Waals surface area contributed by atoms with Crippen LogP contribution in [0.4, 0.5) is 0 Å². The molecular formula is C20H13NO2. The average molecular weight is 299 g/mol. The topological polar surface area (TPSA) is 46.0 Å². The lowest BCUT2D eigenvalue weighted by molar-refractivity contribution is 0.569. The van der Waals surface area contributed by atoms with Gasteiger partial charge < -0.3 is 9.40 Å². The van der Waals surface area contributed by atoms with Gasteiger partial charge in [0.25, 0.3) is 0 Å². The number of aromatic amines is 1. The number of benzene rings is 3. The summed E-state index contributed by atoms with van der Waals surface area (Å²) in [6, 6.07) is 18.1. The van der Waals surface area contributed by atoms with Crippen LogP contribution in [0, 0.1) is 6.92 Å². The van der Waals surface area contributed by atoms with Crippen molar-refractivity contribution in [2.45, 2.75) is 6.92 Å². The van der Waals surface area contributed by atoms with E-state index in [0.717, 1.165) is 32.8 Å². The van der Waals surface area contributed by atoms with E-state index in [-0.39, 0.29) is 5.63 Å². The van der Waals surface area contributed by atoms with Crippen LogP contribution in [0.2, 0.25) is 0 Å². The second-order valence-corrected chi connectivity index (χ2v) is 6.00. The van der Waals surface area contributed by atoms with Gasteiger partial charge in [-0.05, 0) is 37.3 Å². The smallest absolute Gasteiger partial charge is 0.344 e. The molecule has 0 aliphatic rings.